The van der Waals surface area contributed by atoms with Crippen molar-refractivity contribution in [2.45, 2.75) is 32.5 Å². The average Bonchev–Trinajstić information content (AvgIpc) is 2.92. The van der Waals surface area contributed by atoms with Crippen molar-refractivity contribution in [1.29, 1.82) is 0 Å². The Bertz CT molecular complexity index is 1190. The molecule has 0 aliphatic rings. The molecule has 6 heteroatoms. The fraction of sp³-hybridized carbons (Fsp3) is 0.161. The molecule has 37 heavy (non-hydrogen) atoms. The number of para-hydroxylation sites is 2. The van der Waals surface area contributed by atoms with Gasteiger partial charge in [-0.05, 0) is 79.9 Å². The number of hydrogen-bond donors (Lipinski definition) is 2. The Morgan fingerprint density at radius 1 is 0.568 bits per heavy atom. The van der Waals surface area contributed by atoms with Gasteiger partial charge in [-0.1, -0.05) is 60.7 Å². The second-order valence-corrected chi connectivity index (χ2v) is 8.70. The van der Waals surface area contributed by atoms with Gasteiger partial charge in [0, 0.05) is 11.4 Å². The second-order valence-electron chi connectivity index (χ2n) is 8.70. The Hall–Kier alpha value is -4.58. The molecule has 0 saturated heterocycles. The van der Waals surface area contributed by atoms with Gasteiger partial charge in [0.05, 0.1) is 0 Å². The van der Waals surface area contributed by atoms with Crippen LogP contribution in [0.15, 0.2) is 109 Å². The van der Waals surface area contributed by atoms with Gasteiger partial charge in [-0.2, -0.15) is 0 Å². The summed E-state index contributed by atoms with van der Waals surface area (Å²) in [4.78, 5) is 24.9. The summed E-state index contributed by atoms with van der Waals surface area (Å²) < 4.78 is 11.4. The third kappa shape index (κ3) is 7.70. The van der Waals surface area contributed by atoms with Gasteiger partial charge in [-0.25, -0.2) is 0 Å². The maximum atomic E-state index is 12.5. The molecule has 0 heterocycles. The monoisotopic (exact) mass is 494 g/mol. The van der Waals surface area contributed by atoms with Gasteiger partial charge in [-0.15, -0.1) is 0 Å². The minimum absolute atomic E-state index is 0.210. The van der Waals surface area contributed by atoms with E-state index in [-0.39, 0.29) is 11.8 Å². The van der Waals surface area contributed by atoms with E-state index < -0.39 is 12.2 Å². The van der Waals surface area contributed by atoms with Gasteiger partial charge < -0.3 is 20.1 Å². The van der Waals surface area contributed by atoms with Gasteiger partial charge in [0.1, 0.15) is 11.5 Å². The molecular weight excluding hydrogens is 464 g/mol. The Balaban J connectivity index is 1.26. The van der Waals surface area contributed by atoms with Crippen molar-refractivity contribution in [3.8, 4) is 11.5 Å². The molecule has 0 spiro atoms. The molecule has 0 aliphatic carbocycles. The number of nitrogens with one attached hydrogen (secondary N) is 2. The molecule has 2 unspecified atom stereocenters. The van der Waals surface area contributed by atoms with E-state index in [9.17, 15) is 9.59 Å². The summed E-state index contributed by atoms with van der Waals surface area (Å²) in [5.41, 5.74) is 3.63. The van der Waals surface area contributed by atoms with Crippen LogP contribution in [0.2, 0.25) is 0 Å². The lowest BCUT2D eigenvalue weighted by molar-refractivity contribution is -0.122. The zero-order valence-corrected chi connectivity index (χ0v) is 20.9. The van der Waals surface area contributed by atoms with E-state index in [4.69, 9.17) is 9.47 Å². The van der Waals surface area contributed by atoms with Crippen molar-refractivity contribution in [2.24, 2.45) is 0 Å². The number of anilines is 2. The van der Waals surface area contributed by atoms with Crippen LogP contribution < -0.4 is 20.1 Å². The SMILES string of the molecule is CC(Oc1ccccc1)C(=O)Nc1ccc(Cc2ccc(NC(=O)C(C)Oc3ccccc3)cc2)cc1. The highest BCUT2D eigenvalue weighted by Crippen LogP contribution is 2.18. The van der Waals surface area contributed by atoms with Crippen LogP contribution in [0.3, 0.4) is 0 Å². The molecular formula is C31H30N2O4. The lowest BCUT2D eigenvalue weighted by atomic mass is 10.0. The molecule has 4 aromatic rings. The molecule has 0 radical (unpaired) electrons. The van der Waals surface area contributed by atoms with E-state index >= 15 is 0 Å². The summed E-state index contributed by atoms with van der Waals surface area (Å²) in [6.07, 6.45) is -0.508. The van der Waals surface area contributed by atoms with Crippen LogP contribution in [0, 0.1) is 0 Å². The normalized spacial score (nSPS) is 12.2. The van der Waals surface area contributed by atoms with Crippen molar-refractivity contribution < 1.29 is 19.1 Å². The highest BCUT2D eigenvalue weighted by Gasteiger charge is 2.16. The first kappa shape index (κ1) is 25.5. The van der Waals surface area contributed by atoms with E-state index in [1.807, 2.05) is 109 Å². The summed E-state index contributed by atoms with van der Waals surface area (Å²) in [6.45, 7) is 3.44. The topological polar surface area (TPSA) is 76.7 Å². The second kappa shape index (κ2) is 12.4. The van der Waals surface area contributed by atoms with Gasteiger partial charge >= 0.3 is 0 Å². The number of ether oxygens (including phenoxy) is 2. The lowest BCUT2D eigenvalue weighted by Gasteiger charge is -2.15. The number of carbonyl (C=O) groups is 2. The van der Waals surface area contributed by atoms with E-state index in [1.165, 1.54) is 0 Å². The third-order valence-corrected chi connectivity index (χ3v) is 5.70. The van der Waals surface area contributed by atoms with Crippen LogP contribution in [0.5, 0.6) is 11.5 Å². The van der Waals surface area contributed by atoms with Crippen LogP contribution in [0.1, 0.15) is 25.0 Å². The Kier molecular flexibility index (Phi) is 8.55. The molecule has 4 rings (SSSR count). The maximum absolute atomic E-state index is 12.5. The van der Waals surface area contributed by atoms with E-state index in [0.29, 0.717) is 22.9 Å². The largest absolute Gasteiger partial charge is 0.481 e. The van der Waals surface area contributed by atoms with Gasteiger partial charge in [0.2, 0.25) is 0 Å². The first-order valence-electron chi connectivity index (χ1n) is 12.2. The molecule has 0 aliphatic heterocycles. The van der Waals surface area contributed by atoms with Crippen molar-refractivity contribution in [3.05, 3.63) is 120 Å². The van der Waals surface area contributed by atoms with Gasteiger partial charge in [0.25, 0.3) is 11.8 Å². The van der Waals surface area contributed by atoms with Crippen LogP contribution in [-0.2, 0) is 16.0 Å². The zero-order valence-electron chi connectivity index (χ0n) is 20.9. The predicted molar refractivity (Wildman–Crippen MR) is 146 cm³/mol. The standard InChI is InChI=1S/C31H30N2O4/c1-22(36-28-9-5-3-6-10-28)30(34)32-26-17-13-24(14-18-26)21-25-15-19-27(20-16-25)33-31(35)23(2)37-29-11-7-4-8-12-29/h3-20,22-23H,21H2,1-2H3,(H,32,34)(H,33,35). The Morgan fingerprint density at radius 2 is 0.919 bits per heavy atom. The fourth-order valence-corrected chi connectivity index (χ4v) is 3.65. The zero-order chi connectivity index (χ0) is 26.0. The van der Waals surface area contributed by atoms with Crippen LogP contribution >= 0.6 is 0 Å². The highest BCUT2D eigenvalue weighted by atomic mass is 16.5. The number of amides is 2. The highest BCUT2D eigenvalue weighted by molar-refractivity contribution is 5.94. The maximum Gasteiger partial charge on any atom is 0.265 e. The molecule has 2 N–H and O–H groups in total. The predicted octanol–water partition coefficient (Wildman–Crippen LogP) is 6.09. The number of hydrogen-bond acceptors (Lipinski definition) is 4. The summed E-state index contributed by atoms with van der Waals surface area (Å²) in [5.74, 6) is 0.887. The first-order valence-corrected chi connectivity index (χ1v) is 12.2. The van der Waals surface area contributed by atoms with Crippen LogP contribution in [0.25, 0.3) is 0 Å². The minimum atomic E-state index is -0.617. The molecule has 0 fully saturated rings. The number of benzene rings is 4. The molecule has 2 amide bonds. The van der Waals surface area contributed by atoms with Crippen LogP contribution in [-0.4, -0.2) is 24.0 Å². The molecule has 0 bridgehead atoms. The van der Waals surface area contributed by atoms with Crippen molar-refractivity contribution in [1.82, 2.24) is 0 Å². The summed E-state index contributed by atoms with van der Waals surface area (Å²) in [7, 11) is 0. The van der Waals surface area contributed by atoms with E-state index in [1.54, 1.807) is 13.8 Å². The lowest BCUT2D eigenvalue weighted by Crippen LogP contribution is -2.30. The Labute approximate surface area is 217 Å². The summed E-state index contributed by atoms with van der Waals surface area (Å²) >= 11 is 0. The minimum Gasteiger partial charge on any atom is -0.481 e. The molecule has 0 saturated carbocycles. The van der Waals surface area contributed by atoms with Crippen molar-refractivity contribution >= 4 is 23.2 Å². The summed E-state index contributed by atoms with van der Waals surface area (Å²) in [5, 5.41) is 5.78. The quantitative estimate of drug-likeness (QED) is 0.280. The number of carbonyl (C=O) groups excluding carboxylic acids is 2. The third-order valence-electron chi connectivity index (χ3n) is 5.70. The van der Waals surface area contributed by atoms with Gasteiger partial charge in [-0.3, -0.25) is 9.59 Å². The van der Waals surface area contributed by atoms with Gasteiger partial charge in [0.15, 0.2) is 12.2 Å². The van der Waals surface area contributed by atoms with E-state index in [0.717, 1.165) is 17.5 Å². The van der Waals surface area contributed by atoms with E-state index in [2.05, 4.69) is 10.6 Å². The molecule has 4 aromatic carbocycles. The first-order chi connectivity index (χ1) is 18.0. The molecule has 0 aromatic heterocycles. The number of rotatable bonds is 10. The Morgan fingerprint density at radius 3 is 1.27 bits per heavy atom. The molecule has 2 atom stereocenters. The van der Waals surface area contributed by atoms with Crippen molar-refractivity contribution in [3.63, 3.8) is 0 Å². The molecule has 6 nitrogen and oxygen atoms in total. The smallest absolute Gasteiger partial charge is 0.265 e. The fourth-order valence-electron chi connectivity index (χ4n) is 3.65. The molecule has 188 valence electrons. The van der Waals surface area contributed by atoms with Crippen LogP contribution in [0.4, 0.5) is 11.4 Å². The van der Waals surface area contributed by atoms with Crippen molar-refractivity contribution in [2.75, 3.05) is 10.6 Å². The average molecular weight is 495 g/mol. The summed E-state index contributed by atoms with van der Waals surface area (Å²) in [6, 6.07) is 34.0.